The summed E-state index contributed by atoms with van der Waals surface area (Å²) >= 11 is 1.34. The quantitative estimate of drug-likeness (QED) is 0.900. The largest absolute Gasteiger partial charge is 0.493 e. The Labute approximate surface area is 110 Å². The van der Waals surface area contributed by atoms with Crippen molar-refractivity contribution < 1.29 is 9.47 Å². The number of anilines is 1. The monoisotopic (exact) mass is 265 g/mol. The molecule has 1 aromatic heterocycles. The molecule has 96 valence electrons. The van der Waals surface area contributed by atoms with Crippen molar-refractivity contribution in [2.45, 2.75) is 13.0 Å². The minimum atomic E-state index is 0.145. The van der Waals surface area contributed by atoms with Gasteiger partial charge in [-0.05, 0) is 24.6 Å². The molecule has 1 aromatic carbocycles. The molecule has 18 heavy (non-hydrogen) atoms. The molecule has 0 saturated heterocycles. The van der Waals surface area contributed by atoms with Crippen molar-refractivity contribution in [1.82, 2.24) is 9.59 Å². The first-order chi connectivity index (χ1) is 8.74. The van der Waals surface area contributed by atoms with Crippen LogP contribution in [0.5, 0.6) is 11.5 Å². The van der Waals surface area contributed by atoms with E-state index in [-0.39, 0.29) is 6.04 Å². The summed E-state index contributed by atoms with van der Waals surface area (Å²) in [5, 5.41) is 8.06. The van der Waals surface area contributed by atoms with Gasteiger partial charge in [0.05, 0.1) is 20.4 Å². The van der Waals surface area contributed by atoms with Gasteiger partial charge >= 0.3 is 0 Å². The predicted octanol–water partition coefficient (Wildman–Crippen LogP) is 2.73. The average Bonchev–Trinajstić information content (AvgIpc) is 2.90. The second kappa shape index (κ2) is 5.68. The second-order valence-corrected chi connectivity index (χ2v) is 4.55. The molecule has 1 heterocycles. The van der Waals surface area contributed by atoms with Crippen molar-refractivity contribution in [3.8, 4) is 11.5 Å². The fourth-order valence-corrected chi connectivity index (χ4v) is 2.16. The number of rotatable bonds is 5. The summed E-state index contributed by atoms with van der Waals surface area (Å²) in [7, 11) is 3.26. The van der Waals surface area contributed by atoms with Gasteiger partial charge in [-0.25, -0.2) is 0 Å². The third-order valence-corrected chi connectivity index (χ3v) is 3.22. The van der Waals surface area contributed by atoms with Crippen molar-refractivity contribution in [3.63, 3.8) is 0 Å². The number of methoxy groups -OCH3 is 2. The van der Waals surface area contributed by atoms with Crippen LogP contribution in [0.4, 0.5) is 5.00 Å². The number of hydrogen-bond acceptors (Lipinski definition) is 6. The van der Waals surface area contributed by atoms with Crippen LogP contribution >= 0.6 is 11.5 Å². The van der Waals surface area contributed by atoms with Crippen LogP contribution in [0.3, 0.4) is 0 Å². The van der Waals surface area contributed by atoms with E-state index in [0.29, 0.717) is 0 Å². The number of aromatic nitrogens is 2. The van der Waals surface area contributed by atoms with Gasteiger partial charge in [0, 0.05) is 17.6 Å². The van der Waals surface area contributed by atoms with Gasteiger partial charge in [-0.15, -0.1) is 5.10 Å². The molecule has 0 bridgehead atoms. The molecule has 1 unspecified atom stereocenters. The smallest absolute Gasteiger partial charge is 0.161 e. The van der Waals surface area contributed by atoms with Gasteiger partial charge in [-0.3, -0.25) is 0 Å². The molecule has 5 nitrogen and oxygen atoms in total. The highest BCUT2D eigenvalue weighted by atomic mass is 32.1. The summed E-state index contributed by atoms with van der Waals surface area (Å²) in [6, 6.07) is 6.02. The molecule has 0 fully saturated rings. The molecule has 0 aliphatic heterocycles. The SMILES string of the molecule is COc1ccc(C(C)Nc2cnns2)cc1OC. The van der Waals surface area contributed by atoms with E-state index < -0.39 is 0 Å². The molecule has 6 heteroatoms. The van der Waals surface area contributed by atoms with Crippen molar-refractivity contribution >= 4 is 16.5 Å². The number of benzene rings is 1. The first-order valence-electron chi connectivity index (χ1n) is 5.50. The standard InChI is InChI=1S/C12H15N3O2S/c1-8(14-12-7-13-15-18-12)9-4-5-10(16-2)11(6-9)17-3/h4-8,14H,1-3H3. The Morgan fingerprint density at radius 3 is 2.61 bits per heavy atom. The molecule has 0 saturated carbocycles. The number of hydrogen-bond donors (Lipinski definition) is 1. The van der Waals surface area contributed by atoms with Crippen molar-refractivity contribution in [2.75, 3.05) is 19.5 Å². The van der Waals surface area contributed by atoms with Gasteiger partial charge in [-0.2, -0.15) is 0 Å². The van der Waals surface area contributed by atoms with Crippen LogP contribution in [0, 0.1) is 0 Å². The van der Waals surface area contributed by atoms with Gasteiger partial charge < -0.3 is 14.8 Å². The summed E-state index contributed by atoms with van der Waals surface area (Å²) in [4.78, 5) is 0. The van der Waals surface area contributed by atoms with Crippen LogP contribution in [-0.4, -0.2) is 23.8 Å². The maximum absolute atomic E-state index is 5.29. The maximum atomic E-state index is 5.29. The molecule has 2 aromatic rings. The summed E-state index contributed by atoms with van der Waals surface area (Å²) in [6.45, 7) is 2.07. The normalized spacial score (nSPS) is 11.9. The number of nitrogens with one attached hydrogen (secondary N) is 1. The van der Waals surface area contributed by atoms with E-state index in [0.717, 1.165) is 22.1 Å². The van der Waals surface area contributed by atoms with E-state index >= 15 is 0 Å². The molecule has 1 N–H and O–H groups in total. The summed E-state index contributed by atoms with van der Waals surface area (Å²) in [5.74, 6) is 1.46. The number of nitrogens with zero attached hydrogens (tertiary/aromatic N) is 2. The Morgan fingerprint density at radius 1 is 1.22 bits per heavy atom. The topological polar surface area (TPSA) is 56.3 Å². The highest BCUT2D eigenvalue weighted by Crippen LogP contribution is 2.31. The lowest BCUT2D eigenvalue weighted by molar-refractivity contribution is 0.354. The van der Waals surface area contributed by atoms with Crippen LogP contribution in [0.2, 0.25) is 0 Å². The van der Waals surface area contributed by atoms with E-state index in [1.807, 2.05) is 18.2 Å². The average molecular weight is 265 g/mol. The van der Waals surface area contributed by atoms with Gasteiger partial charge in [0.25, 0.3) is 0 Å². The second-order valence-electron chi connectivity index (χ2n) is 3.76. The Hall–Kier alpha value is -1.82. The fraction of sp³-hybridized carbons (Fsp3) is 0.333. The van der Waals surface area contributed by atoms with E-state index in [9.17, 15) is 0 Å². The molecule has 0 aliphatic rings. The van der Waals surface area contributed by atoms with Crippen LogP contribution in [0.1, 0.15) is 18.5 Å². The van der Waals surface area contributed by atoms with Crippen molar-refractivity contribution in [1.29, 1.82) is 0 Å². The summed E-state index contributed by atoms with van der Waals surface area (Å²) in [6.07, 6.45) is 1.71. The first-order valence-corrected chi connectivity index (χ1v) is 6.27. The van der Waals surface area contributed by atoms with Crippen LogP contribution < -0.4 is 14.8 Å². The highest BCUT2D eigenvalue weighted by molar-refractivity contribution is 7.09. The number of ether oxygens (including phenoxy) is 2. The lowest BCUT2D eigenvalue weighted by Gasteiger charge is -2.15. The Balaban J connectivity index is 2.17. The third kappa shape index (κ3) is 2.70. The Kier molecular flexibility index (Phi) is 3.99. The predicted molar refractivity (Wildman–Crippen MR) is 71.5 cm³/mol. The summed E-state index contributed by atoms with van der Waals surface area (Å²) < 4.78 is 14.3. The molecular formula is C12H15N3O2S. The Morgan fingerprint density at radius 2 is 2.00 bits per heavy atom. The summed E-state index contributed by atoms with van der Waals surface area (Å²) in [5.41, 5.74) is 1.11. The van der Waals surface area contributed by atoms with Gasteiger partial charge in [0.2, 0.25) is 0 Å². The molecule has 2 rings (SSSR count). The molecule has 0 radical (unpaired) electrons. The lowest BCUT2D eigenvalue weighted by Crippen LogP contribution is -2.05. The van der Waals surface area contributed by atoms with E-state index in [2.05, 4.69) is 21.8 Å². The van der Waals surface area contributed by atoms with Crippen LogP contribution in [-0.2, 0) is 0 Å². The Bertz CT molecular complexity index is 502. The van der Waals surface area contributed by atoms with E-state index in [4.69, 9.17) is 9.47 Å². The fourth-order valence-electron chi connectivity index (χ4n) is 1.65. The zero-order valence-electron chi connectivity index (χ0n) is 10.5. The zero-order valence-corrected chi connectivity index (χ0v) is 11.3. The molecule has 0 aliphatic carbocycles. The zero-order chi connectivity index (χ0) is 13.0. The molecular weight excluding hydrogens is 250 g/mol. The maximum Gasteiger partial charge on any atom is 0.161 e. The molecule has 1 atom stereocenters. The van der Waals surface area contributed by atoms with Gasteiger partial charge in [0.15, 0.2) is 11.5 Å². The van der Waals surface area contributed by atoms with E-state index in [1.165, 1.54) is 11.5 Å². The van der Waals surface area contributed by atoms with Crippen LogP contribution in [0.25, 0.3) is 0 Å². The highest BCUT2D eigenvalue weighted by Gasteiger charge is 2.10. The van der Waals surface area contributed by atoms with E-state index in [1.54, 1.807) is 20.4 Å². The molecule has 0 spiro atoms. The van der Waals surface area contributed by atoms with Crippen LogP contribution in [0.15, 0.2) is 24.4 Å². The third-order valence-electron chi connectivity index (χ3n) is 2.63. The minimum Gasteiger partial charge on any atom is -0.493 e. The lowest BCUT2D eigenvalue weighted by atomic mass is 10.1. The minimum absolute atomic E-state index is 0.145. The first kappa shape index (κ1) is 12.6. The van der Waals surface area contributed by atoms with Crippen molar-refractivity contribution in [2.24, 2.45) is 0 Å². The molecule has 0 amide bonds. The van der Waals surface area contributed by atoms with Gasteiger partial charge in [0.1, 0.15) is 5.00 Å². The van der Waals surface area contributed by atoms with Gasteiger partial charge in [-0.1, -0.05) is 10.6 Å². The van der Waals surface area contributed by atoms with Crippen molar-refractivity contribution in [3.05, 3.63) is 30.0 Å².